The summed E-state index contributed by atoms with van der Waals surface area (Å²) >= 11 is 3.31. The SMILES string of the molecule is COCCn1c(C(=O)NCCn2cccn2)cc2oc(Br)cc21. The first-order chi connectivity index (χ1) is 11.2. The molecule has 1 N–H and O–H groups in total. The van der Waals surface area contributed by atoms with Crippen LogP contribution in [0.15, 0.2) is 39.7 Å². The lowest BCUT2D eigenvalue weighted by Crippen LogP contribution is -2.29. The maximum atomic E-state index is 12.5. The van der Waals surface area contributed by atoms with E-state index in [0.29, 0.717) is 42.2 Å². The van der Waals surface area contributed by atoms with E-state index in [2.05, 4.69) is 26.3 Å². The number of rotatable bonds is 7. The first-order valence-corrected chi connectivity index (χ1v) is 8.01. The lowest BCUT2D eigenvalue weighted by molar-refractivity contribution is 0.0940. The van der Waals surface area contributed by atoms with E-state index < -0.39 is 0 Å². The number of methoxy groups -OCH3 is 1. The molecule has 3 aromatic rings. The van der Waals surface area contributed by atoms with Gasteiger partial charge in [0.1, 0.15) is 5.69 Å². The number of halogens is 1. The van der Waals surface area contributed by atoms with Crippen LogP contribution in [0.4, 0.5) is 0 Å². The number of ether oxygens (including phenoxy) is 1. The molecule has 0 radical (unpaired) electrons. The van der Waals surface area contributed by atoms with Crippen LogP contribution in [0.5, 0.6) is 0 Å². The van der Waals surface area contributed by atoms with Gasteiger partial charge in [-0.1, -0.05) is 0 Å². The molecule has 8 heteroatoms. The molecule has 3 aromatic heterocycles. The third kappa shape index (κ3) is 3.48. The zero-order chi connectivity index (χ0) is 16.2. The van der Waals surface area contributed by atoms with Crippen LogP contribution < -0.4 is 5.32 Å². The van der Waals surface area contributed by atoms with Crippen LogP contribution in [0.3, 0.4) is 0 Å². The van der Waals surface area contributed by atoms with Gasteiger partial charge in [-0.2, -0.15) is 5.10 Å². The van der Waals surface area contributed by atoms with Crippen molar-refractivity contribution in [2.75, 3.05) is 20.3 Å². The van der Waals surface area contributed by atoms with E-state index in [0.717, 1.165) is 5.52 Å². The van der Waals surface area contributed by atoms with Gasteiger partial charge in [-0.3, -0.25) is 9.48 Å². The summed E-state index contributed by atoms with van der Waals surface area (Å²) < 4.78 is 15.0. The van der Waals surface area contributed by atoms with Gasteiger partial charge in [0.05, 0.1) is 18.7 Å². The number of carbonyl (C=O) groups is 1. The molecule has 0 unspecified atom stereocenters. The second kappa shape index (κ2) is 7.01. The Balaban J connectivity index is 1.74. The zero-order valence-electron chi connectivity index (χ0n) is 12.7. The van der Waals surface area contributed by atoms with Crippen LogP contribution in [-0.4, -0.2) is 40.5 Å². The predicted octanol–water partition coefficient (Wildman–Crippen LogP) is 2.27. The van der Waals surface area contributed by atoms with Crippen LogP contribution in [0.25, 0.3) is 11.1 Å². The molecular weight excluding hydrogens is 364 g/mol. The van der Waals surface area contributed by atoms with E-state index in [1.54, 1.807) is 24.1 Å². The molecule has 23 heavy (non-hydrogen) atoms. The van der Waals surface area contributed by atoms with E-state index in [1.807, 2.05) is 22.9 Å². The molecule has 1 amide bonds. The molecular formula is C15H17BrN4O3. The molecule has 0 spiro atoms. The fourth-order valence-corrected chi connectivity index (χ4v) is 2.82. The minimum atomic E-state index is -0.143. The average molecular weight is 381 g/mol. The number of nitrogens with one attached hydrogen (secondary N) is 1. The summed E-state index contributed by atoms with van der Waals surface area (Å²) in [5.74, 6) is -0.143. The van der Waals surface area contributed by atoms with E-state index >= 15 is 0 Å². The second-order valence-electron chi connectivity index (χ2n) is 5.00. The Morgan fingerprint density at radius 3 is 3.04 bits per heavy atom. The van der Waals surface area contributed by atoms with Crippen LogP contribution >= 0.6 is 15.9 Å². The van der Waals surface area contributed by atoms with Crippen molar-refractivity contribution in [2.45, 2.75) is 13.1 Å². The van der Waals surface area contributed by atoms with Gasteiger partial charge >= 0.3 is 0 Å². The molecule has 0 atom stereocenters. The molecule has 0 fully saturated rings. The number of fused-ring (bicyclic) bond motifs is 1. The van der Waals surface area contributed by atoms with Crippen molar-refractivity contribution in [3.8, 4) is 0 Å². The molecule has 0 aliphatic carbocycles. The molecule has 122 valence electrons. The summed E-state index contributed by atoms with van der Waals surface area (Å²) in [7, 11) is 1.63. The first-order valence-electron chi connectivity index (χ1n) is 7.22. The maximum Gasteiger partial charge on any atom is 0.268 e. The van der Waals surface area contributed by atoms with Gasteiger partial charge in [0.25, 0.3) is 5.91 Å². The average Bonchev–Trinajstić information content (AvgIpc) is 3.21. The quantitative estimate of drug-likeness (QED) is 0.682. The Morgan fingerprint density at radius 2 is 2.30 bits per heavy atom. The Bertz CT molecular complexity index is 791. The highest BCUT2D eigenvalue weighted by Crippen LogP contribution is 2.27. The second-order valence-corrected chi connectivity index (χ2v) is 5.78. The number of hydrogen-bond acceptors (Lipinski definition) is 4. The summed E-state index contributed by atoms with van der Waals surface area (Å²) in [4.78, 5) is 12.5. The van der Waals surface area contributed by atoms with Crippen LogP contribution in [0.2, 0.25) is 0 Å². The van der Waals surface area contributed by atoms with Gasteiger partial charge in [-0.15, -0.1) is 0 Å². The summed E-state index contributed by atoms with van der Waals surface area (Å²) in [6, 6.07) is 5.45. The van der Waals surface area contributed by atoms with Crippen LogP contribution in [-0.2, 0) is 17.8 Å². The van der Waals surface area contributed by atoms with E-state index in [9.17, 15) is 4.79 Å². The van der Waals surface area contributed by atoms with Crippen molar-refractivity contribution in [3.05, 3.63) is 41.0 Å². The third-order valence-corrected chi connectivity index (χ3v) is 3.89. The Kier molecular flexibility index (Phi) is 4.82. The minimum absolute atomic E-state index is 0.143. The Morgan fingerprint density at radius 1 is 1.43 bits per heavy atom. The van der Waals surface area contributed by atoms with Gasteiger partial charge in [-0.05, 0) is 22.0 Å². The predicted molar refractivity (Wildman–Crippen MR) is 88.3 cm³/mol. The summed E-state index contributed by atoms with van der Waals surface area (Å²) in [6.07, 6.45) is 3.57. The van der Waals surface area contributed by atoms with Crippen molar-refractivity contribution in [1.29, 1.82) is 0 Å². The number of furan rings is 1. The molecule has 3 heterocycles. The van der Waals surface area contributed by atoms with E-state index in [-0.39, 0.29) is 5.91 Å². The van der Waals surface area contributed by atoms with Gasteiger partial charge in [0.2, 0.25) is 0 Å². The lowest BCUT2D eigenvalue weighted by Gasteiger charge is -2.10. The van der Waals surface area contributed by atoms with E-state index in [4.69, 9.17) is 9.15 Å². The van der Waals surface area contributed by atoms with E-state index in [1.165, 1.54) is 0 Å². The minimum Gasteiger partial charge on any atom is -0.448 e. The molecule has 0 aliphatic heterocycles. The van der Waals surface area contributed by atoms with Crippen molar-refractivity contribution in [3.63, 3.8) is 0 Å². The smallest absolute Gasteiger partial charge is 0.268 e. The summed E-state index contributed by atoms with van der Waals surface area (Å²) in [6.45, 7) is 2.22. The van der Waals surface area contributed by atoms with Gasteiger partial charge < -0.3 is 19.0 Å². The number of carbonyl (C=O) groups excluding carboxylic acids is 1. The monoisotopic (exact) mass is 380 g/mol. The van der Waals surface area contributed by atoms with Gasteiger partial charge in [0.15, 0.2) is 10.3 Å². The lowest BCUT2D eigenvalue weighted by atomic mass is 10.4. The Hall–Kier alpha value is -2.06. The molecule has 0 aromatic carbocycles. The fraction of sp³-hybridized carbons (Fsp3) is 0.333. The fourth-order valence-electron chi connectivity index (χ4n) is 2.43. The summed E-state index contributed by atoms with van der Waals surface area (Å²) in [5.41, 5.74) is 2.10. The van der Waals surface area contributed by atoms with Crippen molar-refractivity contribution in [2.24, 2.45) is 0 Å². The van der Waals surface area contributed by atoms with Gasteiger partial charge in [0, 0.05) is 44.7 Å². The standard InChI is InChI=1S/C15H17BrN4O3/c1-22-8-7-20-11-10-14(16)23-13(11)9-12(20)15(21)17-4-6-19-5-2-3-18-19/h2-3,5,9-10H,4,6-8H2,1H3,(H,17,21). The molecule has 0 saturated heterocycles. The highest BCUT2D eigenvalue weighted by molar-refractivity contribution is 9.10. The first kappa shape index (κ1) is 15.8. The van der Waals surface area contributed by atoms with Crippen molar-refractivity contribution in [1.82, 2.24) is 19.7 Å². The molecule has 0 aliphatic rings. The molecule has 0 saturated carbocycles. The number of nitrogens with zero attached hydrogens (tertiary/aromatic N) is 3. The molecule has 0 bridgehead atoms. The number of aromatic nitrogens is 3. The molecule has 7 nitrogen and oxygen atoms in total. The Labute approximate surface area is 141 Å². The highest BCUT2D eigenvalue weighted by atomic mass is 79.9. The number of amides is 1. The van der Waals surface area contributed by atoms with Crippen molar-refractivity contribution < 1.29 is 13.9 Å². The highest BCUT2D eigenvalue weighted by Gasteiger charge is 2.18. The number of hydrogen-bond donors (Lipinski definition) is 1. The zero-order valence-corrected chi connectivity index (χ0v) is 14.2. The van der Waals surface area contributed by atoms with Crippen molar-refractivity contribution >= 4 is 32.9 Å². The van der Waals surface area contributed by atoms with Crippen LogP contribution in [0, 0.1) is 0 Å². The van der Waals surface area contributed by atoms with Crippen LogP contribution in [0.1, 0.15) is 10.5 Å². The topological polar surface area (TPSA) is 74.2 Å². The molecule has 3 rings (SSSR count). The van der Waals surface area contributed by atoms with Gasteiger partial charge in [-0.25, -0.2) is 0 Å². The maximum absolute atomic E-state index is 12.5. The normalized spacial score (nSPS) is 11.2. The third-order valence-electron chi connectivity index (χ3n) is 3.50. The largest absolute Gasteiger partial charge is 0.448 e. The summed E-state index contributed by atoms with van der Waals surface area (Å²) in [5, 5.41) is 7.01.